The lowest BCUT2D eigenvalue weighted by Crippen LogP contribution is -3.11. The number of fused-ring (bicyclic) bond motifs is 1. The number of aromatic amines is 1. The number of hydrogen-bond donors (Lipinski definition) is 2. The number of aromatic nitrogens is 3. The monoisotopic (exact) mass is 314 g/mol. The van der Waals surface area contributed by atoms with Crippen molar-refractivity contribution in [3.8, 4) is 5.88 Å². The molecule has 0 fully saturated rings. The number of ether oxygens (including phenoxy) is 1. The van der Waals surface area contributed by atoms with Crippen LogP contribution in [0.15, 0.2) is 16.9 Å². The van der Waals surface area contributed by atoms with Gasteiger partial charge < -0.3 is 27.0 Å². The maximum atomic E-state index is 12.0. The molecule has 2 N–H and O–H groups in total. The highest BCUT2D eigenvalue weighted by Gasteiger charge is 2.11. The molecule has 0 aliphatic rings. The molecule has 0 aromatic carbocycles. The molecule has 21 heavy (non-hydrogen) atoms. The SMILES string of the molecule is CCOc1ccc2[nH]c(=O)n(CC[NH+](CC)CC)c2n1.[Cl-]. The quantitative estimate of drug-likeness (QED) is 0.574. The summed E-state index contributed by atoms with van der Waals surface area (Å²) < 4.78 is 7.10. The standard InChI is InChI=1S/C14H22N4O2.ClH/c1-4-17(5-2)9-10-18-13-11(15-14(18)19)7-8-12(16-13)20-6-3;/h7-8H,4-6,9-10H2,1-3H3,(H,15,19);1H. The molecule has 0 radical (unpaired) electrons. The van der Waals surface area contributed by atoms with Gasteiger partial charge >= 0.3 is 5.69 Å². The molecular weight excluding hydrogens is 292 g/mol. The third kappa shape index (κ3) is 3.98. The minimum absolute atomic E-state index is 0. The number of hydrogen-bond acceptors (Lipinski definition) is 3. The Morgan fingerprint density at radius 2 is 2.00 bits per heavy atom. The number of likely N-dealkylation sites (N-methyl/N-ethyl adjacent to an activating group) is 1. The van der Waals surface area contributed by atoms with Gasteiger partial charge in [-0.15, -0.1) is 0 Å². The molecule has 0 atom stereocenters. The minimum Gasteiger partial charge on any atom is -1.00 e. The van der Waals surface area contributed by atoms with Crippen LogP contribution < -0.4 is 27.7 Å². The van der Waals surface area contributed by atoms with E-state index in [-0.39, 0.29) is 18.1 Å². The molecule has 2 heterocycles. The maximum Gasteiger partial charge on any atom is 0.327 e. The van der Waals surface area contributed by atoms with Crippen molar-refractivity contribution in [1.82, 2.24) is 14.5 Å². The highest BCUT2D eigenvalue weighted by Crippen LogP contribution is 2.13. The maximum absolute atomic E-state index is 12.0. The summed E-state index contributed by atoms with van der Waals surface area (Å²) in [5.41, 5.74) is 1.33. The second-order valence-corrected chi connectivity index (χ2v) is 4.74. The lowest BCUT2D eigenvalue weighted by Gasteiger charge is -2.15. The van der Waals surface area contributed by atoms with Gasteiger partial charge in [-0.3, -0.25) is 4.57 Å². The van der Waals surface area contributed by atoms with Crippen LogP contribution in [0.5, 0.6) is 5.88 Å². The largest absolute Gasteiger partial charge is 1.00 e. The molecule has 118 valence electrons. The molecule has 2 rings (SSSR count). The summed E-state index contributed by atoms with van der Waals surface area (Å²) in [6.45, 7) is 10.5. The van der Waals surface area contributed by atoms with E-state index >= 15 is 0 Å². The summed E-state index contributed by atoms with van der Waals surface area (Å²) >= 11 is 0. The van der Waals surface area contributed by atoms with Crippen LogP contribution in [0, 0.1) is 0 Å². The predicted molar refractivity (Wildman–Crippen MR) is 78.4 cm³/mol. The van der Waals surface area contributed by atoms with Gasteiger partial charge in [0.2, 0.25) is 5.88 Å². The molecule has 0 aliphatic carbocycles. The zero-order chi connectivity index (χ0) is 14.5. The lowest BCUT2D eigenvalue weighted by atomic mass is 10.4. The number of nitrogens with one attached hydrogen (secondary N) is 2. The Hall–Kier alpha value is -1.53. The van der Waals surface area contributed by atoms with Crippen LogP contribution in [-0.2, 0) is 6.54 Å². The molecule has 0 unspecified atom stereocenters. The van der Waals surface area contributed by atoms with Crippen molar-refractivity contribution in [2.45, 2.75) is 27.3 Å². The zero-order valence-electron chi connectivity index (χ0n) is 12.8. The molecule has 6 nitrogen and oxygen atoms in total. The first kappa shape index (κ1) is 17.5. The summed E-state index contributed by atoms with van der Waals surface area (Å²) in [7, 11) is 0. The molecule has 0 aliphatic heterocycles. The fourth-order valence-electron chi connectivity index (χ4n) is 2.32. The highest BCUT2D eigenvalue weighted by atomic mass is 35.5. The van der Waals surface area contributed by atoms with Gasteiger partial charge in [-0.2, -0.15) is 4.98 Å². The summed E-state index contributed by atoms with van der Waals surface area (Å²) in [4.78, 5) is 20.7. The number of imidazole rings is 1. The van der Waals surface area contributed by atoms with Crippen molar-refractivity contribution < 1.29 is 22.0 Å². The van der Waals surface area contributed by atoms with Gasteiger partial charge in [0.05, 0.1) is 38.3 Å². The van der Waals surface area contributed by atoms with Gasteiger partial charge in [0.1, 0.15) is 0 Å². The van der Waals surface area contributed by atoms with E-state index in [0.717, 1.165) is 25.2 Å². The highest BCUT2D eigenvalue weighted by molar-refractivity contribution is 5.71. The van der Waals surface area contributed by atoms with Crippen molar-refractivity contribution in [1.29, 1.82) is 0 Å². The van der Waals surface area contributed by atoms with E-state index in [0.29, 0.717) is 24.7 Å². The summed E-state index contributed by atoms with van der Waals surface area (Å²) in [5.74, 6) is 0.558. The Morgan fingerprint density at radius 1 is 1.29 bits per heavy atom. The first-order chi connectivity index (χ1) is 9.69. The van der Waals surface area contributed by atoms with E-state index in [4.69, 9.17) is 4.74 Å². The van der Waals surface area contributed by atoms with E-state index < -0.39 is 0 Å². The average molecular weight is 315 g/mol. The van der Waals surface area contributed by atoms with Crippen LogP contribution in [0.1, 0.15) is 20.8 Å². The fraction of sp³-hybridized carbons (Fsp3) is 0.571. The van der Waals surface area contributed by atoms with Crippen LogP contribution in [0.2, 0.25) is 0 Å². The second-order valence-electron chi connectivity index (χ2n) is 4.74. The third-order valence-corrected chi connectivity index (χ3v) is 3.57. The van der Waals surface area contributed by atoms with Crippen molar-refractivity contribution in [3.63, 3.8) is 0 Å². The van der Waals surface area contributed by atoms with E-state index in [1.807, 2.05) is 13.0 Å². The van der Waals surface area contributed by atoms with Gasteiger partial charge in [-0.25, -0.2) is 4.79 Å². The number of halogens is 1. The van der Waals surface area contributed by atoms with Gasteiger partial charge in [-0.1, -0.05) is 0 Å². The van der Waals surface area contributed by atoms with Crippen molar-refractivity contribution >= 4 is 11.2 Å². The Bertz CT molecular complexity index is 619. The molecule has 0 bridgehead atoms. The number of nitrogens with zero attached hydrogens (tertiary/aromatic N) is 2. The Labute approximate surface area is 130 Å². The van der Waals surface area contributed by atoms with Crippen LogP contribution in [0.4, 0.5) is 0 Å². The minimum atomic E-state index is -0.104. The molecule has 0 saturated carbocycles. The molecular formula is C14H23ClN4O2. The number of quaternary nitrogens is 1. The number of pyridine rings is 1. The Balaban J connectivity index is 0.00000220. The normalized spacial score (nSPS) is 10.9. The van der Waals surface area contributed by atoms with Gasteiger partial charge in [0, 0.05) is 6.07 Å². The van der Waals surface area contributed by atoms with Crippen molar-refractivity contribution in [2.75, 3.05) is 26.2 Å². The van der Waals surface area contributed by atoms with Crippen LogP contribution >= 0.6 is 0 Å². The van der Waals surface area contributed by atoms with E-state index in [1.54, 1.807) is 10.6 Å². The summed E-state index contributed by atoms with van der Waals surface area (Å²) in [6.07, 6.45) is 0. The molecule has 0 amide bonds. The first-order valence-corrected chi connectivity index (χ1v) is 7.25. The topological polar surface area (TPSA) is 64.3 Å². The predicted octanol–water partition coefficient (Wildman–Crippen LogP) is -2.95. The Morgan fingerprint density at radius 3 is 2.62 bits per heavy atom. The first-order valence-electron chi connectivity index (χ1n) is 7.25. The third-order valence-electron chi connectivity index (χ3n) is 3.57. The van der Waals surface area contributed by atoms with Crippen LogP contribution in [0.25, 0.3) is 11.2 Å². The summed E-state index contributed by atoms with van der Waals surface area (Å²) in [5, 5.41) is 0. The van der Waals surface area contributed by atoms with E-state index in [2.05, 4.69) is 23.8 Å². The average Bonchev–Trinajstić information content (AvgIpc) is 2.76. The van der Waals surface area contributed by atoms with Crippen molar-refractivity contribution in [2.24, 2.45) is 0 Å². The van der Waals surface area contributed by atoms with E-state index in [9.17, 15) is 4.79 Å². The van der Waals surface area contributed by atoms with Crippen LogP contribution in [0.3, 0.4) is 0 Å². The van der Waals surface area contributed by atoms with Gasteiger partial charge in [0.25, 0.3) is 0 Å². The van der Waals surface area contributed by atoms with Crippen molar-refractivity contribution in [3.05, 3.63) is 22.6 Å². The molecule has 7 heteroatoms. The summed E-state index contributed by atoms with van der Waals surface area (Å²) in [6, 6.07) is 3.62. The van der Waals surface area contributed by atoms with Gasteiger partial charge in [-0.05, 0) is 26.8 Å². The second kappa shape index (κ2) is 8.05. The van der Waals surface area contributed by atoms with Crippen LogP contribution in [-0.4, -0.2) is 40.8 Å². The van der Waals surface area contributed by atoms with E-state index in [1.165, 1.54) is 4.90 Å². The molecule has 2 aromatic heterocycles. The fourth-order valence-corrected chi connectivity index (χ4v) is 2.32. The molecule has 0 spiro atoms. The molecule has 2 aromatic rings. The zero-order valence-corrected chi connectivity index (χ0v) is 13.5. The smallest absolute Gasteiger partial charge is 0.327 e. The number of rotatable bonds is 7. The number of H-pyrrole nitrogens is 1. The Kier molecular flexibility index (Phi) is 6.71. The van der Waals surface area contributed by atoms with Gasteiger partial charge in [0.15, 0.2) is 5.65 Å². The lowest BCUT2D eigenvalue weighted by molar-refractivity contribution is -0.897. The molecule has 0 saturated heterocycles.